The van der Waals surface area contributed by atoms with Gasteiger partial charge in [-0.05, 0) is 24.7 Å². The van der Waals surface area contributed by atoms with E-state index in [0.29, 0.717) is 5.38 Å². The van der Waals surface area contributed by atoms with E-state index in [-0.39, 0.29) is 0 Å². The summed E-state index contributed by atoms with van der Waals surface area (Å²) in [4.78, 5) is 0. The van der Waals surface area contributed by atoms with Crippen molar-refractivity contribution in [2.24, 2.45) is 5.92 Å². The lowest BCUT2D eigenvalue weighted by Gasteiger charge is -2.35. The minimum atomic E-state index is 0.417. The fourth-order valence-corrected chi connectivity index (χ4v) is 1.67. The molecule has 0 nitrogen and oxygen atoms in total. The Morgan fingerprint density at radius 3 is 2.56 bits per heavy atom. The molecule has 0 N–H and O–H groups in total. The first kappa shape index (κ1) is 7.40. The van der Waals surface area contributed by atoms with Crippen LogP contribution in [0.1, 0.15) is 33.1 Å². The van der Waals surface area contributed by atoms with Crippen molar-refractivity contribution < 1.29 is 0 Å². The molecule has 0 aromatic heterocycles. The second-order valence-electron chi connectivity index (χ2n) is 2.89. The quantitative estimate of drug-likeness (QED) is 0.524. The SMILES string of the molecule is CCC(C)[C]1CCC1Cl. The first-order valence-electron chi connectivity index (χ1n) is 3.75. The fourth-order valence-electron chi connectivity index (χ4n) is 1.24. The van der Waals surface area contributed by atoms with Crippen LogP contribution in [0.4, 0.5) is 0 Å². The number of rotatable bonds is 2. The Kier molecular flexibility index (Phi) is 2.40. The van der Waals surface area contributed by atoms with Gasteiger partial charge >= 0.3 is 0 Å². The van der Waals surface area contributed by atoms with Gasteiger partial charge in [0.25, 0.3) is 0 Å². The van der Waals surface area contributed by atoms with Crippen molar-refractivity contribution >= 4 is 11.6 Å². The van der Waals surface area contributed by atoms with Crippen LogP contribution >= 0.6 is 11.6 Å². The van der Waals surface area contributed by atoms with E-state index >= 15 is 0 Å². The third-order valence-corrected chi connectivity index (χ3v) is 2.83. The molecule has 1 saturated carbocycles. The highest BCUT2D eigenvalue weighted by Gasteiger charge is 2.32. The maximum absolute atomic E-state index is 5.95. The monoisotopic (exact) mass is 145 g/mol. The zero-order valence-corrected chi connectivity index (χ0v) is 6.91. The van der Waals surface area contributed by atoms with Crippen molar-refractivity contribution in [1.82, 2.24) is 0 Å². The van der Waals surface area contributed by atoms with Gasteiger partial charge in [-0.3, -0.25) is 0 Å². The molecule has 0 heterocycles. The average Bonchev–Trinajstić information content (AvgIpc) is 1.84. The first-order chi connectivity index (χ1) is 4.25. The molecule has 1 aliphatic carbocycles. The van der Waals surface area contributed by atoms with E-state index in [2.05, 4.69) is 13.8 Å². The van der Waals surface area contributed by atoms with Crippen LogP contribution in [0.5, 0.6) is 0 Å². The van der Waals surface area contributed by atoms with Crippen LogP contribution in [0.25, 0.3) is 0 Å². The van der Waals surface area contributed by atoms with Gasteiger partial charge in [-0.1, -0.05) is 20.3 Å². The molecule has 0 amide bonds. The van der Waals surface area contributed by atoms with Gasteiger partial charge in [0, 0.05) is 5.38 Å². The molecule has 2 unspecified atom stereocenters. The second-order valence-corrected chi connectivity index (χ2v) is 3.42. The fraction of sp³-hybridized carbons (Fsp3) is 0.875. The molecule has 53 valence electrons. The number of hydrogen-bond donors (Lipinski definition) is 0. The topological polar surface area (TPSA) is 0 Å². The number of halogens is 1. The largest absolute Gasteiger partial charge is 0.122 e. The van der Waals surface area contributed by atoms with E-state index in [4.69, 9.17) is 11.6 Å². The minimum absolute atomic E-state index is 0.417. The Bertz CT molecular complexity index is 90.6. The Morgan fingerprint density at radius 1 is 1.78 bits per heavy atom. The predicted molar refractivity (Wildman–Crippen MR) is 41.6 cm³/mol. The zero-order valence-electron chi connectivity index (χ0n) is 6.15. The van der Waals surface area contributed by atoms with Gasteiger partial charge < -0.3 is 0 Å². The zero-order chi connectivity index (χ0) is 6.85. The van der Waals surface area contributed by atoms with Crippen LogP contribution < -0.4 is 0 Å². The Morgan fingerprint density at radius 2 is 2.44 bits per heavy atom. The summed E-state index contributed by atoms with van der Waals surface area (Å²) in [6.45, 7) is 4.49. The Labute approximate surface area is 62.6 Å². The Balaban J connectivity index is 2.25. The van der Waals surface area contributed by atoms with E-state index in [1.165, 1.54) is 19.3 Å². The van der Waals surface area contributed by atoms with Crippen LogP contribution in [-0.4, -0.2) is 5.38 Å². The highest BCUT2D eigenvalue weighted by atomic mass is 35.5. The van der Waals surface area contributed by atoms with Crippen molar-refractivity contribution in [2.75, 3.05) is 0 Å². The molecule has 0 spiro atoms. The summed E-state index contributed by atoms with van der Waals surface area (Å²) in [6.07, 6.45) is 3.74. The van der Waals surface area contributed by atoms with E-state index < -0.39 is 0 Å². The summed E-state index contributed by atoms with van der Waals surface area (Å²) < 4.78 is 0. The summed E-state index contributed by atoms with van der Waals surface area (Å²) in [5, 5.41) is 0.417. The van der Waals surface area contributed by atoms with Crippen LogP contribution in [0, 0.1) is 11.8 Å². The van der Waals surface area contributed by atoms with E-state index in [1.807, 2.05) is 0 Å². The van der Waals surface area contributed by atoms with Crippen molar-refractivity contribution in [1.29, 1.82) is 0 Å². The van der Waals surface area contributed by atoms with Crippen LogP contribution in [0.15, 0.2) is 0 Å². The molecule has 1 aliphatic rings. The summed E-state index contributed by atoms with van der Waals surface area (Å²) >= 11 is 5.95. The number of alkyl halides is 1. The standard InChI is InChI=1S/C8H14Cl/c1-3-6(2)7-4-5-8(7)9/h6,8H,3-5H2,1-2H3. The molecule has 0 aromatic carbocycles. The summed E-state index contributed by atoms with van der Waals surface area (Å²) in [6, 6.07) is 0. The average molecular weight is 146 g/mol. The molecule has 1 radical (unpaired) electrons. The number of hydrogen-bond acceptors (Lipinski definition) is 0. The van der Waals surface area contributed by atoms with E-state index in [9.17, 15) is 0 Å². The van der Waals surface area contributed by atoms with Crippen molar-refractivity contribution in [3.63, 3.8) is 0 Å². The van der Waals surface area contributed by atoms with Gasteiger partial charge in [0.05, 0.1) is 0 Å². The predicted octanol–water partition coefficient (Wildman–Crippen LogP) is 3.01. The lowest BCUT2D eigenvalue weighted by molar-refractivity contribution is 0.417. The Hall–Kier alpha value is 0.290. The van der Waals surface area contributed by atoms with Gasteiger partial charge in [0.2, 0.25) is 0 Å². The normalized spacial score (nSPS) is 31.7. The third-order valence-electron chi connectivity index (χ3n) is 2.33. The summed E-state index contributed by atoms with van der Waals surface area (Å²) in [5.41, 5.74) is 0. The van der Waals surface area contributed by atoms with Gasteiger partial charge in [-0.25, -0.2) is 0 Å². The maximum atomic E-state index is 5.95. The molecule has 2 atom stereocenters. The molecular weight excluding hydrogens is 132 g/mol. The van der Waals surface area contributed by atoms with E-state index in [0.717, 1.165) is 5.92 Å². The molecule has 0 bridgehead atoms. The smallest absolute Gasteiger partial charge is 0.0401 e. The molecular formula is C8H14Cl. The molecule has 0 saturated heterocycles. The molecule has 1 fully saturated rings. The minimum Gasteiger partial charge on any atom is -0.122 e. The van der Waals surface area contributed by atoms with E-state index in [1.54, 1.807) is 5.92 Å². The highest BCUT2D eigenvalue weighted by molar-refractivity contribution is 6.22. The molecule has 0 aromatic rings. The van der Waals surface area contributed by atoms with Gasteiger partial charge in [-0.2, -0.15) is 0 Å². The maximum Gasteiger partial charge on any atom is 0.0401 e. The van der Waals surface area contributed by atoms with Gasteiger partial charge in [-0.15, -0.1) is 11.6 Å². The molecule has 1 heteroatoms. The van der Waals surface area contributed by atoms with Gasteiger partial charge in [0.15, 0.2) is 0 Å². The van der Waals surface area contributed by atoms with Crippen LogP contribution in [0.2, 0.25) is 0 Å². The van der Waals surface area contributed by atoms with Crippen molar-refractivity contribution in [3.8, 4) is 0 Å². The summed E-state index contributed by atoms with van der Waals surface area (Å²) in [7, 11) is 0. The van der Waals surface area contributed by atoms with Gasteiger partial charge in [0.1, 0.15) is 0 Å². The summed E-state index contributed by atoms with van der Waals surface area (Å²) in [5.74, 6) is 2.35. The second kappa shape index (κ2) is 2.92. The highest BCUT2D eigenvalue weighted by Crippen LogP contribution is 2.40. The first-order valence-corrected chi connectivity index (χ1v) is 4.19. The van der Waals surface area contributed by atoms with Crippen LogP contribution in [-0.2, 0) is 0 Å². The molecule has 1 rings (SSSR count). The third kappa shape index (κ3) is 1.40. The van der Waals surface area contributed by atoms with Crippen LogP contribution in [0.3, 0.4) is 0 Å². The molecule has 9 heavy (non-hydrogen) atoms. The van der Waals surface area contributed by atoms with Crippen molar-refractivity contribution in [3.05, 3.63) is 5.92 Å². The van der Waals surface area contributed by atoms with Crippen molar-refractivity contribution in [2.45, 2.75) is 38.5 Å². The lowest BCUT2D eigenvalue weighted by atomic mass is 9.75. The molecule has 0 aliphatic heterocycles. The lowest BCUT2D eigenvalue weighted by Crippen LogP contribution is -2.29.